The lowest BCUT2D eigenvalue weighted by Crippen LogP contribution is -2.07. The van der Waals surface area contributed by atoms with Gasteiger partial charge in [-0.15, -0.1) is 0 Å². The summed E-state index contributed by atoms with van der Waals surface area (Å²) in [5.41, 5.74) is 0.592. The predicted octanol–water partition coefficient (Wildman–Crippen LogP) is 3.69. The summed E-state index contributed by atoms with van der Waals surface area (Å²) in [6.07, 6.45) is -2.93. The highest BCUT2D eigenvalue weighted by molar-refractivity contribution is 5.75. The number of aliphatic carboxylic acids is 1. The molecule has 1 atom stereocenters. The van der Waals surface area contributed by atoms with E-state index in [1.54, 1.807) is 19.1 Å². The number of carbonyl (C=O) groups is 1. The van der Waals surface area contributed by atoms with Crippen molar-refractivity contribution in [2.45, 2.75) is 19.0 Å². The maximum atomic E-state index is 12.5. The van der Waals surface area contributed by atoms with Crippen LogP contribution in [0.1, 0.15) is 35.2 Å². The van der Waals surface area contributed by atoms with E-state index in [-0.39, 0.29) is 0 Å². The van der Waals surface area contributed by atoms with Crippen LogP contribution in [0.2, 0.25) is 0 Å². The second-order valence-electron chi connectivity index (χ2n) is 4.86. The lowest BCUT2D eigenvalue weighted by Gasteiger charge is -2.06. The Morgan fingerprint density at radius 2 is 1.83 bits per heavy atom. The summed E-state index contributed by atoms with van der Waals surface area (Å²) in [5, 5.41) is 8.98. The van der Waals surface area contributed by atoms with Crippen molar-refractivity contribution in [2.75, 3.05) is 0 Å². The summed E-state index contributed by atoms with van der Waals surface area (Å²) in [4.78, 5) is 15.0. The Labute approximate surface area is 130 Å². The lowest BCUT2D eigenvalue weighted by atomic mass is 10.0. The molecule has 118 valence electrons. The van der Waals surface area contributed by atoms with Crippen molar-refractivity contribution in [1.82, 2.24) is 4.98 Å². The minimum atomic E-state index is -4.38. The molecule has 23 heavy (non-hydrogen) atoms. The van der Waals surface area contributed by atoms with E-state index in [0.717, 1.165) is 12.1 Å². The largest absolute Gasteiger partial charge is 0.481 e. The highest BCUT2D eigenvalue weighted by Gasteiger charge is 2.29. The van der Waals surface area contributed by atoms with Crippen LogP contribution >= 0.6 is 0 Å². The number of hydrogen-bond donors (Lipinski definition) is 1. The number of carboxylic acid groups (broad SMARTS) is 1. The van der Waals surface area contributed by atoms with E-state index in [0.29, 0.717) is 16.8 Å². The molecule has 1 unspecified atom stereocenters. The molecule has 1 aromatic carbocycles. The third-order valence-corrected chi connectivity index (χ3v) is 3.20. The molecule has 0 aliphatic heterocycles. The van der Waals surface area contributed by atoms with E-state index >= 15 is 0 Å². The average molecular weight is 319 g/mol. The van der Waals surface area contributed by atoms with Gasteiger partial charge in [0.25, 0.3) is 0 Å². The molecule has 1 heterocycles. The van der Waals surface area contributed by atoms with Gasteiger partial charge in [0, 0.05) is 11.8 Å². The van der Waals surface area contributed by atoms with Crippen molar-refractivity contribution in [3.8, 4) is 11.8 Å². The third kappa shape index (κ3) is 4.33. The van der Waals surface area contributed by atoms with Gasteiger partial charge >= 0.3 is 12.1 Å². The zero-order chi connectivity index (χ0) is 17.0. The average Bonchev–Trinajstić information content (AvgIpc) is 2.52. The number of aromatic nitrogens is 1. The Kier molecular flexibility index (Phi) is 4.70. The van der Waals surface area contributed by atoms with E-state index in [9.17, 15) is 18.0 Å². The molecule has 0 spiro atoms. The van der Waals surface area contributed by atoms with Crippen LogP contribution in [-0.4, -0.2) is 16.1 Å². The van der Waals surface area contributed by atoms with Crippen LogP contribution in [0.5, 0.6) is 0 Å². The standard InChI is InChI=1S/C17H12F3NO2/c1-11(16(22)23)13-8-9-21-15(10-13)7-4-12-2-5-14(6-3-12)17(18,19)20/h2-3,5-6,8-11H,1H3,(H,22,23). The molecule has 0 saturated carbocycles. The summed E-state index contributed by atoms with van der Waals surface area (Å²) in [5.74, 6) is 3.78. The first-order chi connectivity index (χ1) is 10.8. The van der Waals surface area contributed by atoms with E-state index in [1.165, 1.54) is 18.3 Å². The molecule has 1 aromatic heterocycles. The Morgan fingerprint density at radius 3 is 2.39 bits per heavy atom. The van der Waals surface area contributed by atoms with Gasteiger partial charge in [-0.2, -0.15) is 13.2 Å². The van der Waals surface area contributed by atoms with Crippen LogP contribution in [0.15, 0.2) is 42.6 Å². The fourth-order valence-electron chi connectivity index (χ4n) is 1.81. The van der Waals surface area contributed by atoms with Gasteiger partial charge in [-0.3, -0.25) is 4.79 Å². The first-order valence-corrected chi connectivity index (χ1v) is 6.65. The first kappa shape index (κ1) is 16.6. The van der Waals surface area contributed by atoms with Crippen molar-refractivity contribution < 1.29 is 23.1 Å². The Balaban J connectivity index is 2.22. The normalized spacial score (nSPS) is 12.2. The van der Waals surface area contributed by atoms with Gasteiger partial charge in [0.2, 0.25) is 0 Å². The van der Waals surface area contributed by atoms with E-state index in [1.807, 2.05) is 0 Å². The molecule has 0 radical (unpaired) electrons. The fourth-order valence-corrected chi connectivity index (χ4v) is 1.81. The number of carboxylic acids is 1. The number of halogens is 3. The molecule has 6 heteroatoms. The first-order valence-electron chi connectivity index (χ1n) is 6.65. The van der Waals surface area contributed by atoms with Crippen LogP contribution in [0.4, 0.5) is 13.2 Å². The number of alkyl halides is 3. The Morgan fingerprint density at radius 1 is 1.17 bits per heavy atom. The summed E-state index contributed by atoms with van der Waals surface area (Å²) in [6, 6.07) is 7.61. The molecule has 0 aliphatic rings. The zero-order valence-corrected chi connectivity index (χ0v) is 12.1. The monoisotopic (exact) mass is 319 g/mol. The highest BCUT2D eigenvalue weighted by atomic mass is 19.4. The molecular formula is C17H12F3NO2. The molecular weight excluding hydrogens is 307 g/mol. The molecule has 0 aliphatic carbocycles. The second-order valence-corrected chi connectivity index (χ2v) is 4.86. The number of pyridine rings is 1. The summed E-state index contributed by atoms with van der Waals surface area (Å²) in [6.45, 7) is 1.55. The number of rotatable bonds is 2. The number of benzene rings is 1. The van der Waals surface area contributed by atoms with Gasteiger partial charge in [0.1, 0.15) is 5.69 Å². The van der Waals surface area contributed by atoms with Crippen molar-refractivity contribution in [1.29, 1.82) is 0 Å². The van der Waals surface area contributed by atoms with Gasteiger partial charge in [-0.1, -0.05) is 5.92 Å². The third-order valence-electron chi connectivity index (χ3n) is 3.20. The van der Waals surface area contributed by atoms with Gasteiger partial charge < -0.3 is 5.11 Å². The van der Waals surface area contributed by atoms with E-state index in [4.69, 9.17) is 5.11 Å². The van der Waals surface area contributed by atoms with Crippen LogP contribution in [0.25, 0.3) is 0 Å². The van der Waals surface area contributed by atoms with E-state index in [2.05, 4.69) is 16.8 Å². The molecule has 1 N–H and O–H groups in total. The second kappa shape index (κ2) is 6.53. The summed E-state index contributed by atoms with van der Waals surface area (Å²) in [7, 11) is 0. The minimum absolute atomic E-state index is 0.357. The molecule has 0 saturated heterocycles. The Bertz CT molecular complexity index is 771. The molecule has 2 rings (SSSR count). The molecule has 3 nitrogen and oxygen atoms in total. The van der Waals surface area contributed by atoms with Crippen LogP contribution < -0.4 is 0 Å². The fraction of sp³-hybridized carbons (Fsp3) is 0.176. The topological polar surface area (TPSA) is 50.2 Å². The Hall–Kier alpha value is -2.81. The van der Waals surface area contributed by atoms with Crippen LogP contribution in [0, 0.1) is 11.8 Å². The summed E-state index contributed by atoms with van der Waals surface area (Å²) >= 11 is 0. The minimum Gasteiger partial charge on any atom is -0.481 e. The van der Waals surface area contributed by atoms with Gasteiger partial charge in [0.15, 0.2) is 0 Å². The molecule has 2 aromatic rings. The van der Waals surface area contributed by atoms with E-state index < -0.39 is 23.6 Å². The number of nitrogens with zero attached hydrogens (tertiary/aromatic N) is 1. The van der Waals surface area contributed by atoms with Gasteiger partial charge in [-0.25, -0.2) is 4.98 Å². The molecule has 0 amide bonds. The smallest absolute Gasteiger partial charge is 0.416 e. The zero-order valence-electron chi connectivity index (χ0n) is 12.1. The SMILES string of the molecule is CC(C(=O)O)c1ccnc(C#Cc2ccc(C(F)(F)F)cc2)c1. The van der Waals surface area contributed by atoms with Crippen molar-refractivity contribution in [3.05, 3.63) is 65.0 Å². The predicted molar refractivity (Wildman–Crippen MR) is 77.7 cm³/mol. The van der Waals surface area contributed by atoms with Crippen molar-refractivity contribution >= 4 is 5.97 Å². The molecule has 0 bridgehead atoms. The highest BCUT2D eigenvalue weighted by Crippen LogP contribution is 2.28. The van der Waals surface area contributed by atoms with Crippen molar-refractivity contribution in [2.24, 2.45) is 0 Å². The number of hydrogen-bond acceptors (Lipinski definition) is 2. The van der Waals surface area contributed by atoms with Crippen molar-refractivity contribution in [3.63, 3.8) is 0 Å². The van der Waals surface area contributed by atoms with Gasteiger partial charge in [-0.05, 0) is 54.8 Å². The maximum Gasteiger partial charge on any atom is 0.416 e. The van der Waals surface area contributed by atoms with Gasteiger partial charge in [0.05, 0.1) is 11.5 Å². The van der Waals surface area contributed by atoms with Crippen LogP contribution in [0.3, 0.4) is 0 Å². The maximum absolute atomic E-state index is 12.5. The quantitative estimate of drug-likeness (QED) is 0.859. The molecule has 0 fully saturated rings. The van der Waals surface area contributed by atoms with Crippen LogP contribution in [-0.2, 0) is 11.0 Å². The lowest BCUT2D eigenvalue weighted by molar-refractivity contribution is -0.138. The summed E-state index contributed by atoms with van der Waals surface area (Å²) < 4.78 is 37.4.